The second-order valence-electron chi connectivity index (χ2n) is 6.66. The summed E-state index contributed by atoms with van der Waals surface area (Å²) in [5.41, 5.74) is 1.69. The molecule has 0 aromatic heterocycles. The predicted molar refractivity (Wildman–Crippen MR) is 104 cm³/mol. The molecule has 7 nitrogen and oxygen atoms in total. The Labute approximate surface area is 166 Å². The van der Waals surface area contributed by atoms with E-state index >= 15 is 0 Å². The lowest BCUT2D eigenvalue weighted by Gasteiger charge is -2.29. The van der Waals surface area contributed by atoms with Gasteiger partial charge in [0.25, 0.3) is 5.79 Å². The molecule has 2 fully saturated rings. The summed E-state index contributed by atoms with van der Waals surface area (Å²) in [4.78, 5) is 25.3. The number of hydrogen-bond acceptors (Lipinski definition) is 6. The van der Waals surface area contributed by atoms with Crippen LogP contribution in [0.4, 0.5) is 9.18 Å². The van der Waals surface area contributed by atoms with Crippen molar-refractivity contribution in [1.29, 1.82) is 0 Å². The summed E-state index contributed by atoms with van der Waals surface area (Å²) in [5.74, 6) is -2.52. The molecule has 2 saturated heterocycles. The fraction of sp³-hybridized carbons (Fsp3) is 0.600. The molecule has 0 saturated carbocycles. The van der Waals surface area contributed by atoms with Crippen LogP contribution in [0.3, 0.4) is 0 Å². The number of Topliss-reactive ketones (excluding diaryl/α,β-unsaturated/α-hetero) is 1. The van der Waals surface area contributed by atoms with Gasteiger partial charge in [0.05, 0.1) is 13.8 Å². The number of carbonyl (C=O) groups excluding carboxylic acids is 2. The third-order valence-corrected chi connectivity index (χ3v) is 3.98. The molecule has 28 heavy (non-hydrogen) atoms. The molecule has 2 rings (SSSR count). The Kier molecular flexibility index (Phi) is 10.9. The van der Waals surface area contributed by atoms with Crippen LogP contribution < -0.4 is 0 Å². The van der Waals surface area contributed by atoms with Gasteiger partial charge in [-0.25, -0.2) is 4.79 Å². The zero-order valence-electron chi connectivity index (χ0n) is 17.6. The van der Waals surface area contributed by atoms with Gasteiger partial charge in [0.2, 0.25) is 5.78 Å². The number of hydrogen-bond donors (Lipinski definition) is 1. The summed E-state index contributed by atoms with van der Waals surface area (Å²) in [6, 6.07) is 0. The SMILES string of the molecule is C=C/C(C)=C\C=C(/C)N1C[C@]2(OCCCC2=O)OC1=O.CF.COC(C)(C)O. The highest BCUT2D eigenvalue weighted by molar-refractivity contribution is 5.91. The Hall–Kier alpha value is -2.03. The van der Waals surface area contributed by atoms with Crippen LogP contribution >= 0.6 is 0 Å². The summed E-state index contributed by atoms with van der Waals surface area (Å²) >= 11 is 0. The molecule has 0 unspecified atom stereocenters. The fourth-order valence-electron chi connectivity index (χ4n) is 2.14. The van der Waals surface area contributed by atoms with Gasteiger partial charge in [-0.1, -0.05) is 24.3 Å². The first-order chi connectivity index (χ1) is 13.0. The topological polar surface area (TPSA) is 85.3 Å². The number of nitrogens with zero attached hydrogens (tertiary/aromatic N) is 1. The lowest BCUT2D eigenvalue weighted by molar-refractivity contribution is -0.200. The molecular weight excluding hydrogens is 369 g/mol. The van der Waals surface area contributed by atoms with Gasteiger partial charge >= 0.3 is 6.09 Å². The maximum Gasteiger partial charge on any atom is 0.417 e. The molecule has 8 heteroatoms. The maximum atomic E-state index is 12.0. The van der Waals surface area contributed by atoms with Crippen LogP contribution in [0.5, 0.6) is 0 Å². The number of carbonyl (C=O) groups is 2. The molecule has 1 N–H and O–H groups in total. The molecule has 0 aromatic rings. The van der Waals surface area contributed by atoms with Crippen LogP contribution in [-0.2, 0) is 19.0 Å². The number of halogens is 1. The minimum Gasteiger partial charge on any atom is -0.407 e. The largest absolute Gasteiger partial charge is 0.417 e. The van der Waals surface area contributed by atoms with Crippen LogP contribution in [-0.4, -0.2) is 60.9 Å². The van der Waals surface area contributed by atoms with E-state index in [1.165, 1.54) is 12.0 Å². The average Bonchev–Trinajstić information content (AvgIpc) is 3.00. The smallest absolute Gasteiger partial charge is 0.407 e. The van der Waals surface area contributed by atoms with Crippen molar-refractivity contribution < 1.29 is 33.3 Å². The first kappa shape index (κ1) is 26.0. The number of rotatable bonds is 4. The minimum atomic E-state index is -1.40. The molecular formula is C20H32FNO6. The van der Waals surface area contributed by atoms with Crippen molar-refractivity contribution in [2.24, 2.45) is 0 Å². The molecule has 2 aliphatic rings. The highest BCUT2D eigenvalue weighted by Gasteiger charge is 2.53. The second-order valence-corrected chi connectivity index (χ2v) is 6.66. The average molecular weight is 401 g/mol. The van der Waals surface area contributed by atoms with Crippen molar-refractivity contribution in [3.63, 3.8) is 0 Å². The Balaban J connectivity index is 0.000000780. The molecule has 1 atom stereocenters. The lowest BCUT2D eigenvalue weighted by atomic mass is 10.0. The molecule has 160 valence electrons. The first-order valence-corrected chi connectivity index (χ1v) is 8.85. The van der Waals surface area contributed by atoms with Crippen molar-refractivity contribution in [1.82, 2.24) is 4.90 Å². The van der Waals surface area contributed by atoms with E-state index in [1.807, 2.05) is 13.0 Å². The van der Waals surface area contributed by atoms with Crippen LogP contribution in [0.1, 0.15) is 40.5 Å². The van der Waals surface area contributed by atoms with Gasteiger partial charge in [-0.2, -0.15) is 0 Å². The van der Waals surface area contributed by atoms with Gasteiger partial charge in [0.1, 0.15) is 6.54 Å². The number of aliphatic hydroxyl groups is 1. The zero-order chi connectivity index (χ0) is 22.0. The van der Waals surface area contributed by atoms with Crippen molar-refractivity contribution in [3.05, 3.63) is 36.1 Å². The summed E-state index contributed by atoms with van der Waals surface area (Å²) in [7, 11) is 1.96. The van der Waals surface area contributed by atoms with E-state index in [2.05, 4.69) is 11.3 Å². The number of ketones is 1. The molecule has 1 spiro atoms. The van der Waals surface area contributed by atoms with E-state index in [1.54, 1.807) is 32.9 Å². The summed E-state index contributed by atoms with van der Waals surface area (Å²) in [5, 5.41) is 8.60. The molecule has 0 aliphatic carbocycles. The predicted octanol–water partition coefficient (Wildman–Crippen LogP) is 3.50. The third-order valence-electron chi connectivity index (χ3n) is 3.98. The summed E-state index contributed by atoms with van der Waals surface area (Å²) < 4.78 is 24.6. The Bertz CT molecular complexity index is 608. The van der Waals surface area contributed by atoms with Gasteiger partial charge in [-0.05, 0) is 40.2 Å². The second kappa shape index (κ2) is 11.7. The molecule has 0 bridgehead atoms. The summed E-state index contributed by atoms with van der Waals surface area (Å²) in [6.07, 6.45) is 5.89. The maximum absolute atomic E-state index is 12.0. The highest BCUT2D eigenvalue weighted by Crippen LogP contribution is 2.32. The minimum absolute atomic E-state index is 0.119. The first-order valence-electron chi connectivity index (χ1n) is 8.85. The number of ether oxygens (including phenoxy) is 3. The Morgan fingerprint density at radius 2 is 1.89 bits per heavy atom. The Morgan fingerprint density at radius 1 is 1.32 bits per heavy atom. The molecule has 0 aromatic carbocycles. The van der Waals surface area contributed by atoms with Crippen LogP contribution in [0.25, 0.3) is 0 Å². The number of allylic oxidation sites excluding steroid dienone is 5. The Morgan fingerprint density at radius 3 is 2.36 bits per heavy atom. The number of amides is 1. The van der Waals surface area contributed by atoms with Crippen LogP contribution in [0.15, 0.2) is 36.1 Å². The normalized spacial score (nSPS) is 22.8. The highest BCUT2D eigenvalue weighted by atomic mass is 19.1. The third kappa shape index (κ3) is 7.92. The van der Waals surface area contributed by atoms with Crippen LogP contribution in [0.2, 0.25) is 0 Å². The van der Waals surface area contributed by atoms with E-state index in [9.17, 15) is 14.0 Å². The van der Waals surface area contributed by atoms with Crippen molar-refractivity contribution in [3.8, 4) is 0 Å². The van der Waals surface area contributed by atoms with E-state index in [0.29, 0.717) is 32.3 Å². The molecule has 2 aliphatic heterocycles. The standard InChI is InChI=1S/C15H19NO4.C4H10O2.CH3F/c1-4-11(2)7-8-12(3)16-10-15(20-14(16)18)13(17)6-5-9-19-15;1-4(2,5)6-3;1-2/h4,7-8H,1,5-6,9-10H2,2-3H3;5H,1-3H3;1H3/b11-7-,12-8+;;/t15-;;/m0../s1. The van der Waals surface area contributed by atoms with Crippen molar-refractivity contribution in [2.45, 2.75) is 52.1 Å². The fourth-order valence-corrected chi connectivity index (χ4v) is 2.14. The van der Waals surface area contributed by atoms with E-state index < -0.39 is 17.7 Å². The van der Waals surface area contributed by atoms with E-state index in [0.717, 1.165) is 5.57 Å². The molecule has 2 heterocycles. The molecule has 1 amide bonds. The van der Waals surface area contributed by atoms with E-state index in [4.69, 9.17) is 14.6 Å². The van der Waals surface area contributed by atoms with Crippen LogP contribution in [0, 0.1) is 0 Å². The van der Waals surface area contributed by atoms with Gasteiger partial charge in [0.15, 0.2) is 5.79 Å². The van der Waals surface area contributed by atoms with Crippen molar-refractivity contribution >= 4 is 11.9 Å². The zero-order valence-corrected chi connectivity index (χ0v) is 17.6. The molecule has 0 radical (unpaired) electrons. The lowest BCUT2D eigenvalue weighted by Crippen LogP contribution is -2.48. The number of alkyl halides is 1. The van der Waals surface area contributed by atoms with Crippen molar-refractivity contribution in [2.75, 3.05) is 27.4 Å². The monoisotopic (exact) mass is 401 g/mol. The van der Waals surface area contributed by atoms with Gasteiger partial charge in [-0.15, -0.1) is 0 Å². The van der Waals surface area contributed by atoms with Gasteiger partial charge < -0.3 is 19.3 Å². The summed E-state index contributed by atoms with van der Waals surface area (Å²) in [6.45, 7) is 11.1. The van der Waals surface area contributed by atoms with E-state index in [-0.39, 0.29) is 12.3 Å². The number of methoxy groups -OCH3 is 1. The quantitative estimate of drug-likeness (QED) is 0.573. The van der Waals surface area contributed by atoms with Gasteiger partial charge in [-0.3, -0.25) is 14.1 Å². The van der Waals surface area contributed by atoms with Gasteiger partial charge in [0, 0.05) is 19.2 Å².